The SMILES string of the molecule is O=c1[nH]c(CCc2ccccc2)cc(NC2CCCC2)c1Br. The maximum atomic E-state index is 12.1. The Morgan fingerprint density at radius 3 is 2.59 bits per heavy atom. The van der Waals surface area contributed by atoms with Gasteiger partial charge in [0, 0.05) is 11.7 Å². The van der Waals surface area contributed by atoms with Gasteiger partial charge in [0.2, 0.25) is 0 Å². The molecule has 1 fully saturated rings. The minimum atomic E-state index is -0.0499. The van der Waals surface area contributed by atoms with E-state index in [1.165, 1.54) is 31.2 Å². The first-order valence-corrected chi connectivity index (χ1v) is 8.74. The van der Waals surface area contributed by atoms with Crippen molar-refractivity contribution in [3.05, 3.63) is 62.5 Å². The molecule has 0 aliphatic heterocycles. The van der Waals surface area contributed by atoms with E-state index < -0.39 is 0 Å². The molecule has 116 valence electrons. The van der Waals surface area contributed by atoms with Crippen molar-refractivity contribution in [3.8, 4) is 0 Å². The topological polar surface area (TPSA) is 44.9 Å². The minimum absolute atomic E-state index is 0.0499. The number of halogens is 1. The maximum absolute atomic E-state index is 12.1. The average Bonchev–Trinajstić information content (AvgIpc) is 3.04. The Hall–Kier alpha value is -1.55. The van der Waals surface area contributed by atoms with E-state index in [2.05, 4.69) is 44.4 Å². The monoisotopic (exact) mass is 360 g/mol. The van der Waals surface area contributed by atoms with Crippen LogP contribution in [0.15, 0.2) is 45.7 Å². The Morgan fingerprint density at radius 1 is 1.14 bits per heavy atom. The Kier molecular flexibility index (Phi) is 4.98. The molecule has 3 nitrogen and oxygen atoms in total. The minimum Gasteiger partial charge on any atom is -0.381 e. The first-order valence-electron chi connectivity index (χ1n) is 7.94. The van der Waals surface area contributed by atoms with E-state index >= 15 is 0 Å². The van der Waals surface area contributed by atoms with E-state index in [-0.39, 0.29) is 5.56 Å². The fraction of sp³-hybridized carbons (Fsp3) is 0.389. The third kappa shape index (κ3) is 3.80. The quantitative estimate of drug-likeness (QED) is 0.835. The zero-order valence-corrected chi connectivity index (χ0v) is 14.2. The highest BCUT2D eigenvalue weighted by molar-refractivity contribution is 9.10. The van der Waals surface area contributed by atoms with Gasteiger partial charge in [0.25, 0.3) is 5.56 Å². The summed E-state index contributed by atoms with van der Waals surface area (Å²) in [4.78, 5) is 15.1. The highest BCUT2D eigenvalue weighted by Gasteiger charge is 2.17. The van der Waals surface area contributed by atoms with Crippen molar-refractivity contribution < 1.29 is 0 Å². The molecule has 22 heavy (non-hydrogen) atoms. The lowest BCUT2D eigenvalue weighted by Crippen LogP contribution is -2.19. The van der Waals surface area contributed by atoms with Gasteiger partial charge in [-0.25, -0.2) is 0 Å². The summed E-state index contributed by atoms with van der Waals surface area (Å²) >= 11 is 3.41. The molecule has 2 N–H and O–H groups in total. The summed E-state index contributed by atoms with van der Waals surface area (Å²) in [7, 11) is 0. The van der Waals surface area contributed by atoms with Gasteiger partial charge in [-0.2, -0.15) is 0 Å². The number of rotatable bonds is 5. The maximum Gasteiger partial charge on any atom is 0.264 e. The first kappa shape index (κ1) is 15.3. The van der Waals surface area contributed by atoms with Gasteiger partial charge >= 0.3 is 0 Å². The summed E-state index contributed by atoms with van der Waals surface area (Å²) in [6.45, 7) is 0. The van der Waals surface area contributed by atoms with Gasteiger partial charge in [0.1, 0.15) is 4.47 Å². The summed E-state index contributed by atoms with van der Waals surface area (Å²) in [5.41, 5.74) is 3.15. The van der Waals surface area contributed by atoms with Gasteiger partial charge in [-0.1, -0.05) is 43.2 Å². The number of nitrogens with one attached hydrogen (secondary N) is 2. The van der Waals surface area contributed by atoms with E-state index in [9.17, 15) is 4.79 Å². The van der Waals surface area contributed by atoms with E-state index in [4.69, 9.17) is 0 Å². The highest BCUT2D eigenvalue weighted by Crippen LogP contribution is 2.26. The molecule has 1 aliphatic rings. The van der Waals surface area contributed by atoms with E-state index in [1.54, 1.807) is 0 Å². The summed E-state index contributed by atoms with van der Waals surface area (Å²) in [6, 6.07) is 12.9. The van der Waals surface area contributed by atoms with Crippen LogP contribution in [-0.4, -0.2) is 11.0 Å². The van der Waals surface area contributed by atoms with Crippen LogP contribution in [0.3, 0.4) is 0 Å². The normalized spacial score (nSPS) is 15.1. The number of aromatic nitrogens is 1. The van der Waals surface area contributed by atoms with Crippen molar-refractivity contribution in [1.29, 1.82) is 0 Å². The lowest BCUT2D eigenvalue weighted by molar-refractivity contribution is 0.753. The van der Waals surface area contributed by atoms with E-state index in [0.717, 1.165) is 24.2 Å². The Balaban J connectivity index is 1.73. The Bertz CT molecular complexity index is 675. The third-order valence-corrected chi connectivity index (χ3v) is 5.06. The molecular formula is C18H21BrN2O. The fourth-order valence-electron chi connectivity index (χ4n) is 3.05. The number of anilines is 1. The van der Waals surface area contributed by atoms with Crippen LogP contribution in [0.1, 0.15) is 36.9 Å². The molecule has 1 saturated carbocycles. The lowest BCUT2D eigenvalue weighted by Gasteiger charge is -2.15. The van der Waals surface area contributed by atoms with Gasteiger partial charge in [-0.3, -0.25) is 4.79 Å². The molecule has 1 aliphatic carbocycles. The van der Waals surface area contributed by atoms with Crippen molar-refractivity contribution in [1.82, 2.24) is 4.98 Å². The van der Waals surface area contributed by atoms with Crippen LogP contribution in [0.4, 0.5) is 5.69 Å². The molecule has 0 amide bonds. The van der Waals surface area contributed by atoms with Gasteiger partial charge in [0.05, 0.1) is 5.69 Å². The van der Waals surface area contributed by atoms with Crippen LogP contribution in [0.2, 0.25) is 0 Å². The van der Waals surface area contributed by atoms with Crippen LogP contribution in [0, 0.1) is 0 Å². The number of pyridine rings is 1. The number of benzene rings is 1. The van der Waals surface area contributed by atoms with E-state index in [1.807, 2.05) is 18.2 Å². The molecule has 4 heteroatoms. The van der Waals surface area contributed by atoms with Crippen molar-refractivity contribution in [2.75, 3.05) is 5.32 Å². The standard InChI is InChI=1S/C18H21BrN2O/c19-17-16(20-14-8-4-5-9-14)12-15(21-18(17)22)11-10-13-6-2-1-3-7-13/h1-3,6-7,12,14H,4-5,8-11H2,(H2,20,21,22). The molecule has 0 spiro atoms. The molecule has 0 unspecified atom stereocenters. The second kappa shape index (κ2) is 7.14. The molecular weight excluding hydrogens is 340 g/mol. The average molecular weight is 361 g/mol. The molecule has 1 heterocycles. The number of hydrogen-bond acceptors (Lipinski definition) is 2. The molecule has 2 aromatic rings. The van der Waals surface area contributed by atoms with Crippen LogP contribution < -0.4 is 10.9 Å². The van der Waals surface area contributed by atoms with Crippen molar-refractivity contribution in [2.45, 2.75) is 44.6 Å². The van der Waals surface area contributed by atoms with Gasteiger partial charge in [-0.05, 0) is 53.2 Å². The molecule has 3 rings (SSSR count). The number of aryl methyl sites for hydroxylation is 2. The van der Waals surface area contributed by atoms with Crippen LogP contribution in [0.25, 0.3) is 0 Å². The smallest absolute Gasteiger partial charge is 0.264 e. The number of H-pyrrole nitrogens is 1. The van der Waals surface area contributed by atoms with Crippen LogP contribution in [0.5, 0.6) is 0 Å². The molecule has 0 saturated heterocycles. The van der Waals surface area contributed by atoms with Crippen LogP contribution >= 0.6 is 15.9 Å². The molecule has 0 bridgehead atoms. The second-order valence-electron chi connectivity index (χ2n) is 5.96. The highest BCUT2D eigenvalue weighted by atomic mass is 79.9. The second-order valence-corrected chi connectivity index (χ2v) is 6.76. The summed E-state index contributed by atoms with van der Waals surface area (Å²) in [5, 5.41) is 3.52. The molecule has 0 atom stereocenters. The predicted octanol–water partition coefficient (Wildman–Crippen LogP) is 4.28. The first-order chi connectivity index (χ1) is 10.7. The zero-order chi connectivity index (χ0) is 15.4. The lowest BCUT2D eigenvalue weighted by atomic mass is 10.1. The van der Waals surface area contributed by atoms with Gasteiger partial charge < -0.3 is 10.3 Å². The fourth-order valence-corrected chi connectivity index (χ4v) is 3.38. The predicted molar refractivity (Wildman–Crippen MR) is 94.5 cm³/mol. The van der Waals surface area contributed by atoms with E-state index in [0.29, 0.717) is 10.5 Å². The molecule has 1 aromatic carbocycles. The van der Waals surface area contributed by atoms with Gasteiger partial charge in [-0.15, -0.1) is 0 Å². The Labute approximate surface area is 139 Å². The molecule has 1 aromatic heterocycles. The summed E-state index contributed by atoms with van der Waals surface area (Å²) in [6.07, 6.45) is 6.71. The van der Waals surface area contributed by atoms with Crippen molar-refractivity contribution in [3.63, 3.8) is 0 Å². The summed E-state index contributed by atoms with van der Waals surface area (Å²) in [5.74, 6) is 0. The zero-order valence-electron chi connectivity index (χ0n) is 12.6. The van der Waals surface area contributed by atoms with Crippen molar-refractivity contribution in [2.24, 2.45) is 0 Å². The molecule has 0 radical (unpaired) electrons. The van der Waals surface area contributed by atoms with Gasteiger partial charge in [0.15, 0.2) is 0 Å². The van der Waals surface area contributed by atoms with Crippen molar-refractivity contribution >= 4 is 21.6 Å². The Morgan fingerprint density at radius 2 is 1.86 bits per heavy atom. The summed E-state index contributed by atoms with van der Waals surface area (Å²) < 4.78 is 0.614. The van der Waals surface area contributed by atoms with Crippen LogP contribution in [-0.2, 0) is 12.8 Å². The number of hydrogen-bond donors (Lipinski definition) is 2. The largest absolute Gasteiger partial charge is 0.381 e. The third-order valence-electron chi connectivity index (χ3n) is 4.27. The number of aromatic amines is 1.